The molecular weight excluding hydrogens is 376 g/mol. The molecule has 1 aliphatic heterocycles. The van der Waals surface area contributed by atoms with Crippen molar-refractivity contribution in [1.82, 2.24) is 10.2 Å². The van der Waals surface area contributed by atoms with Crippen LogP contribution >= 0.6 is 0 Å². The number of aryl methyl sites for hydroxylation is 1. The van der Waals surface area contributed by atoms with Crippen LogP contribution in [-0.2, 0) is 4.79 Å². The van der Waals surface area contributed by atoms with Crippen LogP contribution in [0.4, 0.5) is 0 Å². The summed E-state index contributed by atoms with van der Waals surface area (Å²) < 4.78 is 5.59. The molecule has 1 saturated heterocycles. The molecule has 2 aromatic carbocycles. The Kier molecular flexibility index (Phi) is 5.98. The average Bonchev–Trinajstić information content (AvgIpc) is 3.32. The molecule has 4 rings (SSSR count). The van der Waals surface area contributed by atoms with E-state index in [1.165, 1.54) is 0 Å². The smallest absolute Gasteiger partial charge is 0.253 e. The fraction of sp³-hybridized carbons (Fsp3) is 0.280. The number of hydrogen-bond donors (Lipinski definition) is 1. The fourth-order valence-electron chi connectivity index (χ4n) is 3.93. The van der Waals surface area contributed by atoms with E-state index in [1.807, 2.05) is 73.7 Å². The van der Waals surface area contributed by atoms with Gasteiger partial charge >= 0.3 is 0 Å². The van der Waals surface area contributed by atoms with Crippen LogP contribution in [0.1, 0.15) is 46.1 Å². The summed E-state index contributed by atoms with van der Waals surface area (Å²) in [5, 5.41) is 3.14. The van der Waals surface area contributed by atoms with Crippen molar-refractivity contribution in [2.45, 2.75) is 25.8 Å². The number of hydrogen-bond acceptors (Lipinski definition) is 3. The first kappa shape index (κ1) is 20.0. The number of nitrogens with one attached hydrogen (secondary N) is 1. The molecule has 0 saturated carbocycles. The Morgan fingerprint density at radius 2 is 1.80 bits per heavy atom. The molecule has 30 heavy (non-hydrogen) atoms. The fourth-order valence-corrected chi connectivity index (χ4v) is 3.93. The second-order valence-electron chi connectivity index (χ2n) is 7.82. The molecule has 5 heteroatoms. The highest BCUT2D eigenvalue weighted by Crippen LogP contribution is 2.25. The zero-order valence-corrected chi connectivity index (χ0v) is 17.1. The Bertz CT molecular complexity index is 981. The van der Waals surface area contributed by atoms with E-state index in [0.29, 0.717) is 24.4 Å². The molecule has 2 atom stereocenters. The topological polar surface area (TPSA) is 62.6 Å². The predicted molar refractivity (Wildman–Crippen MR) is 115 cm³/mol. The van der Waals surface area contributed by atoms with Gasteiger partial charge in [-0.15, -0.1) is 0 Å². The van der Waals surface area contributed by atoms with E-state index in [1.54, 1.807) is 11.2 Å². The SMILES string of the molecule is Cc1ccc(C(=O)N2CCCC(C(=O)NC(c3ccccc3)c3ccco3)C2)cc1. The number of carbonyl (C=O) groups excluding carboxylic acids is 2. The first-order chi connectivity index (χ1) is 14.6. The molecule has 2 heterocycles. The molecule has 0 bridgehead atoms. The summed E-state index contributed by atoms with van der Waals surface area (Å²) in [5.74, 6) is 0.382. The molecule has 154 valence electrons. The zero-order chi connectivity index (χ0) is 20.9. The van der Waals surface area contributed by atoms with Gasteiger partial charge in [-0.2, -0.15) is 0 Å². The van der Waals surface area contributed by atoms with Crippen molar-refractivity contribution in [3.63, 3.8) is 0 Å². The van der Waals surface area contributed by atoms with Gasteiger partial charge in [-0.3, -0.25) is 9.59 Å². The molecule has 0 spiro atoms. The van der Waals surface area contributed by atoms with Gasteiger partial charge in [-0.05, 0) is 49.6 Å². The van der Waals surface area contributed by atoms with Crippen LogP contribution in [0.2, 0.25) is 0 Å². The van der Waals surface area contributed by atoms with Crippen LogP contribution in [0.5, 0.6) is 0 Å². The van der Waals surface area contributed by atoms with Crippen molar-refractivity contribution in [2.75, 3.05) is 13.1 Å². The molecule has 1 aliphatic rings. The summed E-state index contributed by atoms with van der Waals surface area (Å²) in [7, 11) is 0. The van der Waals surface area contributed by atoms with Crippen molar-refractivity contribution in [3.8, 4) is 0 Å². The Hall–Kier alpha value is -3.34. The van der Waals surface area contributed by atoms with Gasteiger partial charge in [-0.25, -0.2) is 0 Å². The van der Waals surface area contributed by atoms with Crippen LogP contribution in [0.15, 0.2) is 77.4 Å². The minimum atomic E-state index is -0.350. The number of carbonyl (C=O) groups is 2. The third kappa shape index (κ3) is 4.46. The number of rotatable bonds is 5. The highest BCUT2D eigenvalue weighted by Gasteiger charge is 2.31. The van der Waals surface area contributed by atoms with Gasteiger partial charge in [-0.1, -0.05) is 48.0 Å². The Morgan fingerprint density at radius 1 is 1.03 bits per heavy atom. The molecule has 1 aromatic heterocycles. The third-order valence-corrected chi connectivity index (χ3v) is 5.63. The second kappa shape index (κ2) is 8.99. The van der Waals surface area contributed by atoms with Gasteiger partial charge in [0, 0.05) is 18.7 Å². The average molecular weight is 402 g/mol. The predicted octanol–water partition coefficient (Wildman–Crippen LogP) is 4.35. The summed E-state index contributed by atoms with van der Waals surface area (Å²) >= 11 is 0. The lowest BCUT2D eigenvalue weighted by Gasteiger charge is -2.33. The summed E-state index contributed by atoms with van der Waals surface area (Å²) in [6, 6.07) is 20.7. The highest BCUT2D eigenvalue weighted by molar-refractivity contribution is 5.94. The van der Waals surface area contributed by atoms with E-state index in [9.17, 15) is 9.59 Å². The van der Waals surface area contributed by atoms with Crippen molar-refractivity contribution in [3.05, 3.63) is 95.4 Å². The van der Waals surface area contributed by atoms with Gasteiger partial charge in [0.05, 0.1) is 12.2 Å². The first-order valence-corrected chi connectivity index (χ1v) is 10.4. The second-order valence-corrected chi connectivity index (χ2v) is 7.82. The van der Waals surface area contributed by atoms with Gasteiger partial charge in [0.25, 0.3) is 5.91 Å². The standard InChI is InChI=1S/C25H26N2O3/c1-18-11-13-20(14-12-18)25(29)27-15-5-9-21(17-27)24(28)26-23(22-10-6-16-30-22)19-7-3-2-4-8-19/h2-4,6-8,10-14,16,21,23H,5,9,15,17H2,1H3,(H,26,28). The van der Waals surface area contributed by atoms with E-state index >= 15 is 0 Å². The van der Waals surface area contributed by atoms with Crippen LogP contribution in [0.3, 0.4) is 0 Å². The maximum absolute atomic E-state index is 13.1. The molecule has 5 nitrogen and oxygen atoms in total. The molecule has 0 radical (unpaired) electrons. The monoisotopic (exact) mass is 402 g/mol. The Morgan fingerprint density at radius 3 is 2.50 bits per heavy atom. The summed E-state index contributed by atoms with van der Waals surface area (Å²) in [6.07, 6.45) is 3.19. The third-order valence-electron chi connectivity index (χ3n) is 5.63. The lowest BCUT2D eigenvalue weighted by molar-refractivity contribution is -0.127. The van der Waals surface area contributed by atoms with Crippen molar-refractivity contribution in [2.24, 2.45) is 5.92 Å². The number of furan rings is 1. The van der Waals surface area contributed by atoms with Crippen molar-refractivity contribution in [1.29, 1.82) is 0 Å². The lowest BCUT2D eigenvalue weighted by atomic mass is 9.95. The maximum Gasteiger partial charge on any atom is 0.253 e. The molecular formula is C25H26N2O3. The first-order valence-electron chi connectivity index (χ1n) is 10.4. The zero-order valence-electron chi connectivity index (χ0n) is 17.1. The lowest BCUT2D eigenvalue weighted by Crippen LogP contribution is -2.46. The van der Waals surface area contributed by atoms with Gasteiger partial charge < -0.3 is 14.6 Å². The number of benzene rings is 2. The molecule has 1 fully saturated rings. The molecule has 2 amide bonds. The largest absolute Gasteiger partial charge is 0.467 e. The minimum absolute atomic E-state index is 0.0156. The van der Waals surface area contributed by atoms with Crippen LogP contribution < -0.4 is 5.32 Å². The van der Waals surface area contributed by atoms with E-state index in [2.05, 4.69) is 5.32 Å². The van der Waals surface area contributed by atoms with E-state index in [0.717, 1.165) is 24.0 Å². The van der Waals surface area contributed by atoms with Crippen LogP contribution in [0, 0.1) is 12.8 Å². The number of nitrogens with zero attached hydrogens (tertiary/aromatic N) is 1. The normalized spacial score (nSPS) is 17.4. The minimum Gasteiger partial charge on any atom is -0.467 e. The van der Waals surface area contributed by atoms with Crippen LogP contribution in [-0.4, -0.2) is 29.8 Å². The highest BCUT2D eigenvalue weighted by atomic mass is 16.3. The molecule has 1 N–H and O–H groups in total. The number of amides is 2. The molecule has 3 aromatic rings. The van der Waals surface area contributed by atoms with E-state index in [4.69, 9.17) is 4.42 Å². The summed E-state index contributed by atoms with van der Waals surface area (Å²) in [4.78, 5) is 27.8. The number of likely N-dealkylation sites (tertiary alicyclic amines) is 1. The Balaban J connectivity index is 1.47. The van der Waals surface area contributed by atoms with E-state index in [-0.39, 0.29) is 23.8 Å². The summed E-state index contributed by atoms with van der Waals surface area (Å²) in [6.45, 7) is 3.10. The van der Waals surface area contributed by atoms with Crippen molar-refractivity contribution >= 4 is 11.8 Å². The van der Waals surface area contributed by atoms with E-state index < -0.39 is 0 Å². The quantitative estimate of drug-likeness (QED) is 0.690. The van der Waals surface area contributed by atoms with Gasteiger partial charge in [0.2, 0.25) is 5.91 Å². The van der Waals surface area contributed by atoms with Gasteiger partial charge in [0.1, 0.15) is 11.8 Å². The van der Waals surface area contributed by atoms with Gasteiger partial charge in [0.15, 0.2) is 0 Å². The summed E-state index contributed by atoms with van der Waals surface area (Å²) in [5.41, 5.74) is 2.75. The molecule has 2 unspecified atom stereocenters. The Labute approximate surface area is 176 Å². The number of piperidine rings is 1. The molecule has 0 aliphatic carbocycles. The van der Waals surface area contributed by atoms with Crippen molar-refractivity contribution < 1.29 is 14.0 Å². The van der Waals surface area contributed by atoms with Crippen LogP contribution in [0.25, 0.3) is 0 Å². The maximum atomic E-state index is 13.1.